The van der Waals surface area contributed by atoms with Crippen LogP contribution in [0, 0.1) is 0 Å². The molecule has 1 saturated carbocycles. The molecular formula is C15H22ClNO. The van der Waals surface area contributed by atoms with Gasteiger partial charge in [-0.3, -0.25) is 0 Å². The molecule has 0 aliphatic heterocycles. The van der Waals surface area contributed by atoms with E-state index in [-0.39, 0.29) is 16.9 Å². The summed E-state index contributed by atoms with van der Waals surface area (Å²) in [5, 5.41) is 11.2. The van der Waals surface area contributed by atoms with Gasteiger partial charge in [-0.2, -0.15) is 0 Å². The molecule has 1 fully saturated rings. The molecule has 1 unspecified atom stereocenters. The van der Waals surface area contributed by atoms with Crippen LogP contribution in [-0.2, 0) is 10.8 Å². The number of halogens is 1. The van der Waals surface area contributed by atoms with Crippen molar-refractivity contribution in [2.24, 2.45) is 5.73 Å². The Morgan fingerprint density at radius 3 is 2.28 bits per heavy atom. The Balaban J connectivity index is 2.60. The molecule has 3 heteroatoms. The van der Waals surface area contributed by atoms with E-state index in [1.165, 1.54) is 0 Å². The maximum Gasteiger partial charge on any atom is 0.123 e. The summed E-state index contributed by atoms with van der Waals surface area (Å²) in [6, 6.07) is 3.77. The van der Waals surface area contributed by atoms with E-state index in [2.05, 4.69) is 20.8 Å². The first-order chi connectivity index (χ1) is 8.18. The molecule has 0 spiro atoms. The summed E-state index contributed by atoms with van der Waals surface area (Å²) in [4.78, 5) is 0. The zero-order valence-corrected chi connectivity index (χ0v) is 12.3. The van der Waals surface area contributed by atoms with Crippen LogP contribution in [-0.4, -0.2) is 11.1 Å². The molecule has 3 N–H and O–H groups in total. The van der Waals surface area contributed by atoms with Gasteiger partial charge in [0.2, 0.25) is 0 Å². The minimum absolute atomic E-state index is 0.0367. The molecule has 100 valence electrons. The lowest BCUT2D eigenvalue weighted by Gasteiger charge is -2.27. The Bertz CT molecular complexity index is 470. The van der Waals surface area contributed by atoms with Crippen molar-refractivity contribution in [3.63, 3.8) is 0 Å². The molecule has 1 aromatic rings. The van der Waals surface area contributed by atoms with Crippen molar-refractivity contribution in [1.29, 1.82) is 0 Å². The van der Waals surface area contributed by atoms with Gasteiger partial charge in [0, 0.05) is 27.6 Å². The lowest BCUT2D eigenvalue weighted by Crippen LogP contribution is -2.32. The molecule has 0 amide bonds. The molecular weight excluding hydrogens is 246 g/mol. The molecule has 0 saturated heterocycles. The smallest absolute Gasteiger partial charge is 0.123 e. The van der Waals surface area contributed by atoms with E-state index in [1.807, 2.05) is 19.1 Å². The summed E-state index contributed by atoms with van der Waals surface area (Å²) in [6.07, 6.45) is 2.06. The lowest BCUT2D eigenvalue weighted by molar-refractivity contribution is 0.424. The van der Waals surface area contributed by atoms with E-state index >= 15 is 0 Å². The second kappa shape index (κ2) is 4.14. The highest BCUT2D eigenvalue weighted by Gasteiger charge is 2.49. The van der Waals surface area contributed by atoms with Gasteiger partial charge in [-0.15, -0.1) is 0 Å². The number of rotatable bonds is 2. The summed E-state index contributed by atoms with van der Waals surface area (Å²) in [6.45, 7) is 8.24. The second-order valence-corrected chi connectivity index (χ2v) is 6.98. The number of nitrogens with two attached hydrogens (primary N) is 1. The minimum atomic E-state index is -0.127. The van der Waals surface area contributed by atoms with Crippen LogP contribution in [0.5, 0.6) is 5.75 Å². The van der Waals surface area contributed by atoms with E-state index < -0.39 is 0 Å². The van der Waals surface area contributed by atoms with Crippen LogP contribution in [0.1, 0.15) is 51.7 Å². The van der Waals surface area contributed by atoms with Crippen molar-refractivity contribution >= 4 is 11.6 Å². The molecule has 1 atom stereocenters. The third-order valence-electron chi connectivity index (χ3n) is 4.08. The summed E-state index contributed by atoms with van der Waals surface area (Å²) in [7, 11) is 0. The van der Waals surface area contributed by atoms with Crippen molar-refractivity contribution < 1.29 is 5.11 Å². The fraction of sp³-hybridized carbons (Fsp3) is 0.600. The summed E-state index contributed by atoms with van der Waals surface area (Å²) in [5.74, 6) is 0.377. The lowest BCUT2D eigenvalue weighted by atomic mass is 9.81. The van der Waals surface area contributed by atoms with Gasteiger partial charge in [0.25, 0.3) is 0 Å². The molecule has 0 heterocycles. The average molecular weight is 268 g/mol. The molecule has 1 aliphatic rings. The van der Waals surface area contributed by atoms with Gasteiger partial charge in [0.15, 0.2) is 0 Å². The van der Waals surface area contributed by atoms with Crippen LogP contribution in [0.2, 0.25) is 5.02 Å². The fourth-order valence-corrected chi connectivity index (χ4v) is 2.87. The average Bonchev–Trinajstić information content (AvgIpc) is 3.00. The maximum atomic E-state index is 10.6. The van der Waals surface area contributed by atoms with Crippen LogP contribution in [0.25, 0.3) is 0 Å². The Morgan fingerprint density at radius 1 is 1.33 bits per heavy atom. The first kappa shape index (κ1) is 13.7. The van der Waals surface area contributed by atoms with Gasteiger partial charge in [-0.1, -0.05) is 32.4 Å². The predicted octanol–water partition coefficient (Wildman–Crippen LogP) is 3.72. The summed E-state index contributed by atoms with van der Waals surface area (Å²) >= 11 is 6.21. The number of hydrogen-bond donors (Lipinski definition) is 2. The molecule has 18 heavy (non-hydrogen) atoms. The van der Waals surface area contributed by atoms with Gasteiger partial charge in [-0.25, -0.2) is 0 Å². The van der Waals surface area contributed by atoms with Gasteiger partial charge < -0.3 is 10.8 Å². The molecule has 2 rings (SSSR count). The second-order valence-electron chi connectivity index (χ2n) is 6.54. The van der Waals surface area contributed by atoms with Crippen molar-refractivity contribution in [1.82, 2.24) is 0 Å². The Kier molecular flexibility index (Phi) is 3.15. The first-order valence-electron chi connectivity index (χ1n) is 6.47. The van der Waals surface area contributed by atoms with Crippen LogP contribution >= 0.6 is 11.6 Å². The van der Waals surface area contributed by atoms with E-state index in [1.54, 1.807) is 0 Å². The predicted molar refractivity (Wildman–Crippen MR) is 76.4 cm³/mol. The van der Waals surface area contributed by atoms with Crippen LogP contribution in [0.3, 0.4) is 0 Å². The molecule has 2 nitrogen and oxygen atoms in total. The fourth-order valence-electron chi connectivity index (χ4n) is 2.66. The van der Waals surface area contributed by atoms with Gasteiger partial charge >= 0.3 is 0 Å². The molecule has 0 bridgehead atoms. The maximum absolute atomic E-state index is 10.6. The summed E-state index contributed by atoms with van der Waals surface area (Å²) in [5.41, 5.74) is 7.71. The SMILES string of the molecule is CC(N)C1(c2cc(Cl)cc(C(C)(C)C)c2O)CC1. The van der Waals surface area contributed by atoms with E-state index in [9.17, 15) is 5.11 Å². The number of benzene rings is 1. The normalized spacial score (nSPS) is 19.7. The van der Waals surface area contributed by atoms with E-state index in [0.717, 1.165) is 24.0 Å². The zero-order valence-electron chi connectivity index (χ0n) is 11.5. The Morgan fingerprint density at radius 2 is 1.89 bits per heavy atom. The highest BCUT2D eigenvalue weighted by molar-refractivity contribution is 6.30. The summed E-state index contributed by atoms with van der Waals surface area (Å²) < 4.78 is 0. The van der Waals surface area contributed by atoms with E-state index in [4.69, 9.17) is 17.3 Å². The van der Waals surface area contributed by atoms with Crippen LogP contribution < -0.4 is 5.73 Å². The highest BCUT2D eigenvalue weighted by atomic mass is 35.5. The molecule has 1 aromatic carbocycles. The van der Waals surface area contributed by atoms with Gasteiger partial charge in [-0.05, 0) is 37.3 Å². The first-order valence-corrected chi connectivity index (χ1v) is 6.85. The third kappa shape index (κ3) is 2.12. The topological polar surface area (TPSA) is 46.2 Å². The largest absolute Gasteiger partial charge is 0.507 e. The monoisotopic (exact) mass is 267 g/mol. The quantitative estimate of drug-likeness (QED) is 0.858. The molecule has 0 aromatic heterocycles. The van der Waals surface area contributed by atoms with Gasteiger partial charge in [0.05, 0.1) is 0 Å². The van der Waals surface area contributed by atoms with Crippen molar-refractivity contribution in [2.75, 3.05) is 0 Å². The number of hydrogen-bond acceptors (Lipinski definition) is 2. The minimum Gasteiger partial charge on any atom is -0.507 e. The van der Waals surface area contributed by atoms with Crippen molar-refractivity contribution in [2.45, 2.75) is 57.4 Å². The van der Waals surface area contributed by atoms with Crippen LogP contribution in [0.15, 0.2) is 12.1 Å². The van der Waals surface area contributed by atoms with Crippen molar-refractivity contribution in [3.05, 3.63) is 28.3 Å². The molecule has 1 aliphatic carbocycles. The van der Waals surface area contributed by atoms with Crippen LogP contribution in [0.4, 0.5) is 0 Å². The highest BCUT2D eigenvalue weighted by Crippen LogP contribution is 2.55. The standard InChI is InChI=1S/C15H22ClNO/c1-9(17)15(5-6-15)12-8-10(16)7-11(13(12)18)14(2,3)4/h7-9,18H,5-6,17H2,1-4H3. The number of phenolic OH excluding ortho intramolecular Hbond substituents is 1. The number of aromatic hydroxyl groups is 1. The zero-order chi connectivity index (χ0) is 13.7. The Labute approximate surface area is 114 Å². The molecule has 0 radical (unpaired) electrons. The third-order valence-corrected chi connectivity index (χ3v) is 4.30. The Hall–Kier alpha value is -0.730. The van der Waals surface area contributed by atoms with E-state index in [0.29, 0.717) is 10.8 Å². The van der Waals surface area contributed by atoms with Crippen molar-refractivity contribution in [3.8, 4) is 5.75 Å². The van der Waals surface area contributed by atoms with Gasteiger partial charge in [0.1, 0.15) is 5.75 Å². The number of phenols is 1.